The number of hydroxylamine groups is 2. The van der Waals surface area contributed by atoms with Crippen molar-refractivity contribution in [2.45, 2.75) is 19.3 Å². The van der Waals surface area contributed by atoms with Gasteiger partial charge in [-0.05, 0) is 12.8 Å². The quantitative estimate of drug-likeness (QED) is 0.673. The van der Waals surface area contributed by atoms with Gasteiger partial charge in [0.05, 0.1) is 12.7 Å². The van der Waals surface area contributed by atoms with Crippen LogP contribution in [0.5, 0.6) is 0 Å². The Morgan fingerprint density at radius 1 is 1.71 bits per heavy atom. The summed E-state index contributed by atoms with van der Waals surface area (Å²) in [7, 11) is 1.72. The lowest BCUT2D eigenvalue weighted by Gasteiger charge is -2.23. The van der Waals surface area contributed by atoms with E-state index in [9.17, 15) is 4.79 Å². The number of carbonyl (C=O) groups is 1. The molecule has 0 unspecified atom stereocenters. The largest absolute Gasteiger partial charge is 0.348 e. The zero-order valence-corrected chi connectivity index (χ0v) is 8.16. The molecule has 1 heterocycles. The highest BCUT2D eigenvalue weighted by atomic mass is 17.3. The van der Waals surface area contributed by atoms with Crippen molar-refractivity contribution >= 4 is 5.91 Å². The van der Waals surface area contributed by atoms with Gasteiger partial charge in [-0.3, -0.25) is 4.79 Å². The fourth-order valence-corrected chi connectivity index (χ4v) is 1.42. The first-order valence-electron chi connectivity index (χ1n) is 4.81. The summed E-state index contributed by atoms with van der Waals surface area (Å²) >= 11 is 0. The molecule has 0 bridgehead atoms. The van der Waals surface area contributed by atoms with Gasteiger partial charge in [0.1, 0.15) is 0 Å². The minimum absolute atomic E-state index is 0.121. The highest BCUT2D eigenvalue weighted by Crippen LogP contribution is 2.26. The Bertz CT molecular complexity index is 261. The second kappa shape index (κ2) is 3.88. The van der Waals surface area contributed by atoms with Gasteiger partial charge in [-0.25, -0.2) is 5.06 Å². The highest BCUT2D eigenvalue weighted by Gasteiger charge is 2.25. The van der Waals surface area contributed by atoms with E-state index in [2.05, 4.69) is 10.3 Å². The van der Waals surface area contributed by atoms with Crippen LogP contribution in [0.1, 0.15) is 19.3 Å². The smallest absolute Gasteiger partial charge is 0.223 e. The van der Waals surface area contributed by atoms with Crippen LogP contribution in [0.25, 0.3) is 0 Å². The number of rotatable bonds is 3. The molecule has 5 heteroatoms. The van der Waals surface area contributed by atoms with Crippen molar-refractivity contribution in [1.82, 2.24) is 10.4 Å². The van der Waals surface area contributed by atoms with Crippen molar-refractivity contribution in [3.63, 3.8) is 0 Å². The first kappa shape index (κ1) is 9.33. The normalized spacial score (nSPS) is 21.2. The molecule has 1 saturated carbocycles. The number of carbonyl (C=O) groups excluding carboxylic acids is 1. The van der Waals surface area contributed by atoms with Gasteiger partial charge in [-0.1, -0.05) is 11.4 Å². The molecule has 2 rings (SSSR count). The van der Waals surface area contributed by atoms with Crippen LogP contribution in [0.4, 0.5) is 0 Å². The molecule has 0 saturated heterocycles. The topological polar surface area (TPSA) is 50.8 Å². The van der Waals surface area contributed by atoms with Gasteiger partial charge in [-0.2, -0.15) is 0 Å². The van der Waals surface area contributed by atoms with Gasteiger partial charge in [-0.15, -0.1) is 0 Å². The fraction of sp³-hybridized carbons (Fsp3) is 0.667. The molecule has 1 N–H and O–H groups in total. The standard InChI is InChI=1S/C9H14N2O3/c1-11-6-8(13-14-11)5-10-9(12)7-3-2-4-7/h6-7H,2-5H2,1H3,(H,10,12). The highest BCUT2D eigenvalue weighted by molar-refractivity contribution is 5.79. The van der Waals surface area contributed by atoms with Crippen LogP contribution in [0.3, 0.4) is 0 Å². The summed E-state index contributed by atoms with van der Waals surface area (Å²) in [5.41, 5.74) is 0. The summed E-state index contributed by atoms with van der Waals surface area (Å²) in [6.07, 6.45) is 4.90. The van der Waals surface area contributed by atoms with Crippen molar-refractivity contribution in [2.24, 2.45) is 5.92 Å². The van der Waals surface area contributed by atoms with Crippen LogP contribution in [0.15, 0.2) is 12.0 Å². The zero-order valence-electron chi connectivity index (χ0n) is 8.16. The average Bonchev–Trinajstić information content (AvgIpc) is 2.45. The maximum Gasteiger partial charge on any atom is 0.223 e. The average molecular weight is 198 g/mol. The molecule has 1 aliphatic heterocycles. The fourth-order valence-electron chi connectivity index (χ4n) is 1.42. The Labute approximate surface area is 82.5 Å². The molecule has 1 aliphatic carbocycles. The monoisotopic (exact) mass is 198 g/mol. The number of nitrogens with zero attached hydrogens (tertiary/aromatic N) is 1. The van der Waals surface area contributed by atoms with Gasteiger partial charge in [0.25, 0.3) is 0 Å². The third-order valence-corrected chi connectivity index (χ3v) is 2.50. The number of nitrogens with one attached hydrogen (secondary N) is 1. The van der Waals surface area contributed by atoms with Gasteiger partial charge in [0.15, 0.2) is 5.76 Å². The Hall–Kier alpha value is -1.23. The summed E-state index contributed by atoms with van der Waals surface area (Å²) in [6.45, 7) is 0.402. The van der Waals surface area contributed by atoms with Crippen molar-refractivity contribution in [3.8, 4) is 0 Å². The lowest BCUT2D eigenvalue weighted by atomic mass is 9.85. The first-order valence-corrected chi connectivity index (χ1v) is 4.81. The van der Waals surface area contributed by atoms with Crippen LogP contribution in [0.2, 0.25) is 0 Å². The first-order chi connectivity index (χ1) is 6.75. The van der Waals surface area contributed by atoms with Crippen LogP contribution in [-0.4, -0.2) is 24.6 Å². The number of hydrogen-bond acceptors (Lipinski definition) is 4. The van der Waals surface area contributed by atoms with E-state index >= 15 is 0 Å². The molecule has 0 radical (unpaired) electrons. The molecule has 1 amide bonds. The molecular weight excluding hydrogens is 184 g/mol. The van der Waals surface area contributed by atoms with E-state index in [-0.39, 0.29) is 11.8 Å². The van der Waals surface area contributed by atoms with Gasteiger partial charge in [0, 0.05) is 13.0 Å². The van der Waals surface area contributed by atoms with E-state index in [0.717, 1.165) is 12.8 Å². The van der Waals surface area contributed by atoms with Crippen molar-refractivity contribution in [1.29, 1.82) is 0 Å². The van der Waals surface area contributed by atoms with Gasteiger partial charge in [0.2, 0.25) is 5.91 Å². The van der Waals surface area contributed by atoms with Crippen molar-refractivity contribution in [2.75, 3.05) is 13.6 Å². The molecule has 1 fully saturated rings. The SMILES string of the molecule is CN1C=C(CNC(=O)C2CCC2)OO1. The lowest BCUT2D eigenvalue weighted by Crippen LogP contribution is -2.35. The molecule has 2 aliphatic rings. The maximum absolute atomic E-state index is 11.4. The van der Waals surface area contributed by atoms with Crippen LogP contribution >= 0.6 is 0 Å². The van der Waals surface area contributed by atoms with Crippen molar-refractivity contribution in [3.05, 3.63) is 12.0 Å². The zero-order chi connectivity index (χ0) is 9.97. The minimum Gasteiger partial charge on any atom is -0.348 e. The minimum atomic E-state index is 0.121. The number of hydrogen-bond donors (Lipinski definition) is 1. The van der Waals surface area contributed by atoms with E-state index < -0.39 is 0 Å². The Morgan fingerprint density at radius 3 is 3.00 bits per heavy atom. The van der Waals surface area contributed by atoms with Crippen LogP contribution in [-0.2, 0) is 14.7 Å². The second-order valence-electron chi connectivity index (χ2n) is 3.65. The van der Waals surface area contributed by atoms with E-state index in [1.54, 1.807) is 13.2 Å². The molecule has 78 valence electrons. The maximum atomic E-state index is 11.4. The van der Waals surface area contributed by atoms with Gasteiger partial charge >= 0.3 is 0 Å². The summed E-state index contributed by atoms with van der Waals surface area (Å²) in [5.74, 6) is 0.964. The predicted octanol–water partition coefficient (Wildman–Crippen LogP) is 0.553. The van der Waals surface area contributed by atoms with E-state index in [0.29, 0.717) is 12.3 Å². The molecule has 5 nitrogen and oxygen atoms in total. The molecule has 0 aromatic carbocycles. The molecule has 0 aromatic heterocycles. The predicted molar refractivity (Wildman–Crippen MR) is 48.4 cm³/mol. The van der Waals surface area contributed by atoms with Crippen LogP contribution in [0, 0.1) is 5.92 Å². The van der Waals surface area contributed by atoms with E-state index in [1.165, 1.54) is 11.5 Å². The second-order valence-corrected chi connectivity index (χ2v) is 3.65. The molecule has 14 heavy (non-hydrogen) atoms. The summed E-state index contributed by atoms with van der Waals surface area (Å²) in [5, 5.41) is 4.26. The van der Waals surface area contributed by atoms with E-state index in [1.807, 2.05) is 0 Å². The molecule has 0 aromatic rings. The molecule has 0 atom stereocenters. The Balaban J connectivity index is 1.71. The summed E-state index contributed by atoms with van der Waals surface area (Å²) in [6, 6.07) is 0. The molecular formula is C9H14N2O3. The third-order valence-electron chi connectivity index (χ3n) is 2.50. The molecule has 0 spiro atoms. The summed E-state index contributed by atoms with van der Waals surface area (Å²) in [4.78, 5) is 20.9. The Morgan fingerprint density at radius 2 is 2.50 bits per heavy atom. The van der Waals surface area contributed by atoms with E-state index in [4.69, 9.17) is 4.89 Å². The van der Waals surface area contributed by atoms with Gasteiger partial charge < -0.3 is 10.2 Å². The van der Waals surface area contributed by atoms with Crippen molar-refractivity contribution < 1.29 is 14.7 Å². The van der Waals surface area contributed by atoms with Crippen LogP contribution < -0.4 is 5.32 Å². The Kier molecular flexibility index (Phi) is 2.58. The lowest BCUT2D eigenvalue weighted by molar-refractivity contribution is -0.355. The number of amides is 1. The summed E-state index contributed by atoms with van der Waals surface area (Å²) < 4.78 is 0. The third kappa shape index (κ3) is 1.98.